The molecule has 3 nitrogen and oxygen atoms in total. The lowest BCUT2D eigenvalue weighted by Crippen LogP contribution is -2.67. The first-order valence-electron chi connectivity index (χ1n) is 25.8. The highest BCUT2D eigenvalue weighted by molar-refractivity contribution is 7.00. The Kier molecular flexibility index (Phi) is 9.08. The number of benzene rings is 8. The molecule has 0 aromatic heterocycles. The van der Waals surface area contributed by atoms with Crippen LogP contribution in [-0.2, 0) is 10.8 Å². The van der Waals surface area contributed by atoms with Crippen molar-refractivity contribution >= 4 is 88.3 Å². The molecule has 0 saturated heterocycles. The summed E-state index contributed by atoms with van der Waals surface area (Å²) in [5.41, 5.74) is 25.8. The highest BCUT2D eigenvalue weighted by Gasteiger charge is 2.72. The molecule has 14 rings (SSSR count). The van der Waals surface area contributed by atoms with Gasteiger partial charge in [-0.1, -0.05) is 161 Å². The van der Waals surface area contributed by atoms with Crippen LogP contribution >= 0.6 is 0 Å². The first-order chi connectivity index (χ1) is 34.0. The minimum absolute atomic E-state index is 0.0341. The fourth-order valence-electron chi connectivity index (χ4n) is 14.6. The van der Waals surface area contributed by atoms with Gasteiger partial charge in [-0.25, -0.2) is 0 Å². The van der Waals surface area contributed by atoms with Gasteiger partial charge in [-0.05, 0) is 147 Å². The Bertz CT molecular complexity index is 3500. The van der Waals surface area contributed by atoms with Crippen LogP contribution in [0.4, 0.5) is 51.2 Å². The molecule has 2 heterocycles. The number of anilines is 9. The largest absolute Gasteiger partial charge is 0.311 e. The second kappa shape index (κ2) is 15.1. The van der Waals surface area contributed by atoms with Gasteiger partial charge in [0.1, 0.15) is 0 Å². The highest BCUT2D eigenvalue weighted by atomic mass is 28.3. The van der Waals surface area contributed by atoms with E-state index in [9.17, 15) is 0 Å². The molecule has 8 aromatic rings. The molecule has 2 saturated carbocycles. The first kappa shape index (κ1) is 42.1. The van der Waals surface area contributed by atoms with Crippen LogP contribution in [0.1, 0.15) is 68.7 Å². The Labute approximate surface area is 416 Å². The molecule has 1 spiro atoms. The van der Waals surface area contributed by atoms with Gasteiger partial charge >= 0.3 is 0 Å². The van der Waals surface area contributed by atoms with Crippen LogP contribution in [0.5, 0.6) is 0 Å². The fraction of sp³-hybridized carbons (Fsp3) is 0.231. The fourth-order valence-corrected chi connectivity index (χ4v) is 15.4. The van der Waals surface area contributed by atoms with E-state index in [1.165, 1.54) is 102 Å². The maximum absolute atomic E-state index is 2.74. The van der Waals surface area contributed by atoms with Crippen LogP contribution < -0.4 is 36.3 Å². The molecule has 5 heteroatoms. The monoisotopic (exact) mass is 920 g/mol. The van der Waals surface area contributed by atoms with E-state index in [2.05, 4.69) is 244 Å². The Morgan fingerprint density at radius 3 is 2.09 bits per heavy atom. The third-order valence-electron chi connectivity index (χ3n) is 17.5. The average Bonchev–Trinajstić information content (AvgIpc) is 3.35. The Balaban J connectivity index is 1.02. The van der Waals surface area contributed by atoms with Gasteiger partial charge in [0, 0.05) is 56.8 Å². The molecule has 4 aliphatic carbocycles. The zero-order valence-electron chi connectivity index (χ0n) is 41.5. The summed E-state index contributed by atoms with van der Waals surface area (Å²) in [6.45, 7) is 16.5. The number of nitrogens with zero attached hydrogens (tertiary/aromatic N) is 3. The molecule has 2 fully saturated rings. The zero-order valence-corrected chi connectivity index (χ0v) is 42.5. The lowest BCUT2D eigenvalue weighted by molar-refractivity contribution is -0.0482. The van der Waals surface area contributed by atoms with Crippen molar-refractivity contribution in [3.05, 3.63) is 210 Å². The summed E-state index contributed by atoms with van der Waals surface area (Å²) in [5, 5.41) is 1.45. The van der Waals surface area contributed by atoms with E-state index in [-0.39, 0.29) is 17.5 Å². The molecule has 8 aromatic carbocycles. The number of fused-ring (bicyclic) bond motifs is 9. The van der Waals surface area contributed by atoms with Crippen LogP contribution in [0.15, 0.2) is 188 Å². The minimum atomic E-state index is -0.904. The van der Waals surface area contributed by atoms with Crippen molar-refractivity contribution in [2.24, 2.45) is 17.8 Å². The SMILES string of the molecule is Cc1ccccc1N(c1ccc(C(C)(C)C)cc1)c1ccc2c(c1)N(c1ccccc1)c1cc([Si-](C)C)cc3c1B2c1ccccc1N3c1cccc2c1C1C3=CC(C)CC4CC1(c1ccccc1-2)C34. The first-order valence-corrected chi connectivity index (χ1v) is 28.3. The van der Waals surface area contributed by atoms with E-state index < -0.39 is 8.80 Å². The van der Waals surface area contributed by atoms with Crippen LogP contribution in [0, 0.1) is 24.7 Å². The molecule has 5 atom stereocenters. The van der Waals surface area contributed by atoms with Crippen molar-refractivity contribution in [1.29, 1.82) is 0 Å². The number of para-hydroxylation sites is 3. The van der Waals surface area contributed by atoms with Gasteiger partial charge in [-0.2, -0.15) is 18.3 Å². The summed E-state index contributed by atoms with van der Waals surface area (Å²) in [6, 6.07) is 68.0. The van der Waals surface area contributed by atoms with Gasteiger partial charge in [-0.15, -0.1) is 0 Å². The van der Waals surface area contributed by atoms with E-state index in [1.54, 1.807) is 11.1 Å². The molecule has 0 amide bonds. The number of allylic oxidation sites excluding steroid dienone is 2. The maximum Gasteiger partial charge on any atom is 0.252 e. The number of aryl methyl sites for hydroxylation is 1. The highest BCUT2D eigenvalue weighted by Crippen LogP contribution is 2.80. The summed E-state index contributed by atoms with van der Waals surface area (Å²) in [6.07, 6.45) is 5.32. The van der Waals surface area contributed by atoms with E-state index in [1.807, 2.05) is 0 Å². The third kappa shape index (κ3) is 5.76. The van der Waals surface area contributed by atoms with E-state index in [4.69, 9.17) is 0 Å². The van der Waals surface area contributed by atoms with Crippen molar-refractivity contribution < 1.29 is 0 Å². The molecular formula is C65H59BN3Si-. The molecule has 6 aliphatic rings. The second-order valence-corrected chi connectivity index (χ2v) is 25.2. The average molecular weight is 921 g/mol. The van der Waals surface area contributed by atoms with E-state index in [0.29, 0.717) is 17.8 Å². The van der Waals surface area contributed by atoms with Gasteiger partial charge in [0.15, 0.2) is 0 Å². The molecule has 0 radical (unpaired) electrons. The predicted molar refractivity (Wildman–Crippen MR) is 299 cm³/mol. The maximum atomic E-state index is 2.74. The second-order valence-electron chi connectivity index (χ2n) is 22.7. The lowest BCUT2D eigenvalue weighted by Gasteiger charge is -2.74. The van der Waals surface area contributed by atoms with Gasteiger partial charge in [0.25, 0.3) is 6.71 Å². The van der Waals surface area contributed by atoms with Crippen molar-refractivity contribution in [3.8, 4) is 11.1 Å². The van der Waals surface area contributed by atoms with E-state index in [0.717, 1.165) is 17.3 Å². The number of hydrogen-bond acceptors (Lipinski definition) is 3. The quantitative estimate of drug-likeness (QED) is 0.122. The van der Waals surface area contributed by atoms with E-state index >= 15 is 0 Å². The van der Waals surface area contributed by atoms with Crippen molar-refractivity contribution in [1.82, 2.24) is 0 Å². The molecule has 70 heavy (non-hydrogen) atoms. The Hall–Kier alpha value is -6.82. The lowest BCUT2D eigenvalue weighted by atomic mass is 9.29. The van der Waals surface area contributed by atoms with Crippen molar-refractivity contribution in [2.75, 3.05) is 14.7 Å². The van der Waals surface area contributed by atoms with Crippen molar-refractivity contribution in [2.45, 2.75) is 77.3 Å². The summed E-state index contributed by atoms with van der Waals surface area (Å²) in [7, 11) is -0.904. The number of hydrogen-bond donors (Lipinski definition) is 0. The van der Waals surface area contributed by atoms with Crippen LogP contribution in [-0.4, -0.2) is 15.5 Å². The summed E-state index contributed by atoms with van der Waals surface area (Å²) in [5.74, 6) is 2.48. The molecule has 5 unspecified atom stereocenters. The molecular weight excluding hydrogens is 862 g/mol. The van der Waals surface area contributed by atoms with Crippen LogP contribution in [0.2, 0.25) is 13.1 Å². The third-order valence-corrected chi connectivity index (χ3v) is 18.9. The summed E-state index contributed by atoms with van der Waals surface area (Å²) in [4.78, 5) is 7.82. The summed E-state index contributed by atoms with van der Waals surface area (Å²) < 4.78 is 0. The van der Waals surface area contributed by atoms with Crippen LogP contribution in [0.3, 0.4) is 0 Å². The van der Waals surface area contributed by atoms with Gasteiger partial charge in [-0.3, -0.25) is 8.80 Å². The van der Waals surface area contributed by atoms with Crippen molar-refractivity contribution in [3.63, 3.8) is 0 Å². The van der Waals surface area contributed by atoms with Gasteiger partial charge in [0.05, 0.1) is 5.69 Å². The van der Waals surface area contributed by atoms with Gasteiger partial charge in [0.2, 0.25) is 0 Å². The number of rotatable bonds is 6. The normalized spacial score (nSPS) is 21.6. The molecule has 2 aliphatic heterocycles. The Morgan fingerprint density at radius 2 is 1.30 bits per heavy atom. The minimum Gasteiger partial charge on any atom is -0.311 e. The zero-order chi connectivity index (χ0) is 47.4. The van der Waals surface area contributed by atoms with Crippen LogP contribution in [0.25, 0.3) is 11.1 Å². The predicted octanol–water partition coefficient (Wildman–Crippen LogP) is 14.4. The van der Waals surface area contributed by atoms with Gasteiger partial charge < -0.3 is 14.7 Å². The molecule has 342 valence electrons. The topological polar surface area (TPSA) is 9.72 Å². The molecule has 0 bridgehead atoms. The molecule has 0 N–H and O–H groups in total. The smallest absolute Gasteiger partial charge is 0.252 e. The summed E-state index contributed by atoms with van der Waals surface area (Å²) >= 11 is 0. The Morgan fingerprint density at radius 1 is 0.629 bits per heavy atom. The standard InChI is InChI=1S/C65H59BN3Si/c1-40-34-42-39-65-51-23-13-12-21-48(51)49-22-17-27-56(60(49)62(65)50(35-40)61(42)65)69-55-26-16-14-24-52(55)66-53-33-32-46(67(54-25-15-11-18-41(54)2)45-30-28-43(29-31-45)64(3,4)5)36-57(53)68(44-19-9-8-10-20-44)58-37-47(70(6)7)38-59(69)63(58)66/h8-33,35-38,40,42,61-62H,34,39H2,1-7H3/q-1.